The van der Waals surface area contributed by atoms with Gasteiger partial charge in [0.1, 0.15) is 5.82 Å². The molecule has 0 fully saturated rings. The van der Waals surface area contributed by atoms with Gasteiger partial charge in [0, 0.05) is 57.9 Å². The molecule has 6 aromatic rings. The van der Waals surface area contributed by atoms with Crippen LogP contribution in [-0.4, -0.2) is 48.8 Å². The summed E-state index contributed by atoms with van der Waals surface area (Å²) in [6.45, 7) is 5.96. The number of hydrogen-bond acceptors (Lipinski definition) is 9. The van der Waals surface area contributed by atoms with E-state index in [1.54, 1.807) is 56.6 Å². The Morgan fingerprint density at radius 2 is 1.62 bits per heavy atom. The second kappa shape index (κ2) is 10.5. The maximum Gasteiger partial charge on any atom is 0.297 e. The van der Waals surface area contributed by atoms with Gasteiger partial charge in [-0.3, -0.25) is 14.4 Å². The molecule has 2 aromatic carbocycles. The van der Waals surface area contributed by atoms with E-state index in [2.05, 4.69) is 30.1 Å². The van der Waals surface area contributed by atoms with E-state index in [1.807, 2.05) is 42.1 Å². The number of aromatic nitrogens is 6. The van der Waals surface area contributed by atoms with Crippen LogP contribution in [0.2, 0.25) is 0 Å². The first-order valence-corrected chi connectivity index (χ1v) is 14.7. The summed E-state index contributed by atoms with van der Waals surface area (Å²) >= 11 is 0. The number of nitrogens with zero attached hydrogens (tertiary/aromatic N) is 6. The summed E-state index contributed by atoms with van der Waals surface area (Å²) in [5.41, 5.74) is 4.01. The summed E-state index contributed by atoms with van der Waals surface area (Å²) in [7, 11) is -3.89. The molecule has 0 aliphatic heterocycles. The number of aryl methyl sites for hydroxylation is 1. The predicted molar refractivity (Wildman–Crippen MR) is 162 cm³/mol. The fourth-order valence-electron chi connectivity index (χ4n) is 4.78. The van der Waals surface area contributed by atoms with Crippen molar-refractivity contribution in [2.75, 3.05) is 10.0 Å². The first-order valence-electron chi connectivity index (χ1n) is 13.2. The molecule has 42 heavy (non-hydrogen) atoms. The van der Waals surface area contributed by atoms with Crippen LogP contribution >= 0.6 is 0 Å². The molecule has 0 saturated carbocycles. The van der Waals surface area contributed by atoms with Crippen molar-refractivity contribution in [3.8, 4) is 11.3 Å². The molecule has 0 aliphatic carbocycles. The van der Waals surface area contributed by atoms with Crippen LogP contribution in [0, 0.1) is 6.92 Å². The molecular formula is C30H28N8O3S. The number of fused-ring (bicyclic) bond motifs is 2. The summed E-state index contributed by atoms with van der Waals surface area (Å²) in [6, 6.07) is 16.3. The SMILES string of the molecule is Cc1c(-c2nccc3cnc(Nc4ccc(NS(=O)(=O)c5ncccn5)cc4)cc23)ccc2c1cnn2CC(C)(C)O. The molecule has 12 heteroatoms. The highest BCUT2D eigenvalue weighted by Gasteiger charge is 2.19. The van der Waals surface area contributed by atoms with Crippen molar-refractivity contribution in [3.05, 3.63) is 91.1 Å². The topological polar surface area (TPSA) is 148 Å². The molecule has 6 rings (SSSR count). The van der Waals surface area contributed by atoms with Gasteiger partial charge in [-0.1, -0.05) is 6.07 Å². The third-order valence-corrected chi connectivity index (χ3v) is 7.92. The molecule has 0 spiro atoms. The van der Waals surface area contributed by atoms with Crippen molar-refractivity contribution >= 4 is 48.9 Å². The summed E-state index contributed by atoms with van der Waals surface area (Å²) in [5, 5.41) is 20.7. The highest BCUT2D eigenvalue weighted by Crippen LogP contribution is 2.34. The molecule has 4 aromatic heterocycles. The normalized spacial score (nSPS) is 12.1. The van der Waals surface area contributed by atoms with E-state index < -0.39 is 15.6 Å². The lowest BCUT2D eigenvalue weighted by atomic mass is 9.98. The minimum atomic E-state index is -3.89. The molecular weight excluding hydrogens is 552 g/mol. The number of hydrogen-bond donors (Lipinski definition) is 3. The Hall–Kier alpha value is -4.94. The van der Waals surface area contributed by atoms with Gasteiger partial charge in [0.25, 0.3) is 15.2 Å². The Balaban J connectivity index is 1.28. The van der Waals surface area contributed by atoms with Crippen molar-refractivity contribution in [1.29, 1.82) is 0 Å². The smallest absolute Gasteiger partial charge is 0.297 e. The van der Waals surface area contributed by atoms with Crippen molar-refractivity contribution in [3.63, 3.8) is 0 Å². The summed E-state index contributed by atoms with van der Waals surface area (Å²) in [5.74, 6) is 0.611. The van der Waals surface area contributed by atoms with Gasteiger partial charge in [0.2, 0.25) is 0 Å². The van der Waals surface area contributed by atoms with E-state index in [-0.39, 0.29) is 5.16 Å². The minimum Gasteiger partial charge on any atom is -0.389 e. The second-order valence-corrected chi connectivity index (χ2v) is 12.2. The van der Waals surface area contributed by atoms with Crippen molar-refractivity contribution in [2.45, 2.75) is 38.1 Å². The lowest BCUT2D eigenvalue weighted by molar-refractivity contribution is 0.0591. The van der Waals surface area contributed by atoms with E-state index in [1.165, 1.54) is 12.4 Å². The van der Waals surface area contributed by atoms with Crippen LogP contribution in [0.1, 0.15) is 19.4 Å². The van der Waals surface area contributed by atoms with Gasteiger partial charge in [0.05, 0.1) is 29.6 Å². The molecule has 11 nitrogen and oxygen atoms in total. The van der Waals surface area contributed by atoms with Crippen LogP contribution in [0.15, 0.2) is 90.7 Å². The Labute approximate surface area is 242 Å². The van der Waals surface area contributed by atoms with Gasteiger partial charge in [-0.25, -0.2) is 15.0 Å². The lowest BCUT2D eigenvalue weighted by Gasteiger charge is -2.18. The first kappa shape index (κ1) is 27.2. The summed E-state index contributed by atoms with van der Waals surface area (Å²) < 4.78 is 29.3. The van der Waals surface area contributed by atoms with Crippen molar-refractivity contribution in [2.24, 2.45) is 0 Å². The Morgan fingerprint density at radius 3 is 2.36 bits per heavy atom. The van der Waals surface area contributed by atoms with E-state index >= 15 is 0 Å². The summed E-state index contributed by atoms with van der Waals surface area (Å²) in [4.78, 5) is 16.9. The van der Waals surface area contributed by atoms with Gasteiger partial charge in [-0.15, -0.1) is 0 Å². The van der Waals surface area contributed by atoms with Crippen LogP contribution in [0.3, 0.4) is 0 Å². The quantitative estimate of drug-likeness (QED) is 0.210. The zero-order valence-electron chi connectivity index (χ0n) is 23.1. The van der Waals surface area contributed by atoms with Gasteiger partial charge in [-0.05, 0) is 74.9 Å². The molecule has 0 radical (unpaired) electrons. The van der Waals surface area contributed by atoms with E-state index in [0.29, 0.717) is 18.1 Å². The number of anilines is 3. The molecule has 0 amide bonds. The van der Waals surface area contributed by atoms with Crippen molar-refractivity contribution in [1.82, 2.24) is 29.7 Å². The maximum atomic E-state index is 12.5. The van der Waals surface area contributed by atoms with Crippen LogP contribution in [0.4, 0.5) is 17.2 Å². The van der Waals surface area contributed by atoms with E-state index in [9.17, 15) is 13.5 Å². The van der Waals surface area contributed by atoms with Gasteiger partial charge in [-0.2, -0.15) is 13.5 Å². The molecule has 0 saturated heterocycles. The van der Waals surface area contributed by atoms with Crippen LogP contribution in [0.5, 0.6) is 0 Å². The minimum absolute atomic E-state index is 0.297. The van der Waals surface area contributed by atoms with Crippen LogP contribution < -0.4 is 10.0 Å². The Bertz CT molecular complexity index is 2020. The van der Waals surface area contributed by atoms with Crippen LogP contribution in [0.25, 0.3) is 32.9 Å². The van der Waals surface area contributed by atoms with Gasteiger partial charge < -0.3 is 10.4 Å². The number of aliphatic hydroxyl groups is 1. The maximum absolute atomic E-state index is 12.5. The van der Waals surface area contributed by atoms with Gasteiger partial charge in [0.15, 0.2) is 0 Å². The molecule has 212 valence electrons. The highest BCUT2D eigenvalue weighted by atomic mass is 32.2. The fourth-order valence-corrected chi connectivity index (χ4v) is 5.72. The highest BCUT2D eigenvalue weighted by molar-refractivity contribution is 7.92. The Kier molecular flexibility index (Phi) is 6.79. The number of benzene rings is 2. The largest absolute Gasteiger partial charge is 0.389 e. The number of pyridine rings is 2. The average Bonchev–Trinajstić information content (AvgIpc) is 3.36. The van der Waals surface area contributed by atoms with Gasteiger partial charge >= 0.3 is 0 Å². The monoisotopic (exact) mass is 580 g/mol. The number of rotatable bonds is 8. The third kappa shape index (κ3) is 5.49. The zero-order chi connectivity index (χ0) is 29.5. The number of sulfonamides is 1. The average molecular weight is 581 g/mol. The first-order chi connectivity index (χ1) is 20.1. The summed E-state index contributed by atoms with van der Waals surface area (Å²) in [6.07, 6.45) is 8.14. The molecule has 0 atom stereocenters. The lowest BCUT2D eigenvalue weighted by Crippen LogP contribution is -2.26. The molecule has 0 unspecified atom stereocenters. The van der Waals surface area contributed by atoms with E-state index in [0.717, 1.165) is 44.2 Å². The predicted octanol–water partition coefficient (Wildman–Crippen LogP) is 5.06. The number of nitrogens with one attached hydrogen (secondary N) is 2. The third-order valence-electron chi connectivity index (χ3n) is 6.73. The Morgan fingerprint density at radius 1 is 0.881 bits per heavy atom. The second-order valence-electron chi connectivity index (χ2n) is 10.6. The van der Waals surface area contributed by atoms with Crippen LogP contribution in [-0.2, 0) is 16.6 Å². The standard InChI is InChI=1S/C30H28N8O3S/c1-19-23(9-10-26-25(19)17-35-38(26)18-30(2,3)39)28-24-15-27(34-16-20(24)11-14-31-28)36-21-5-7-22(8-6-21)37-42(40,41)29-32-12-4-13-33-29/h4-17,37,39H,18H2,1-3H3,(H,34,36). The zero-order valence-corrected chi connectivity index (χ0v) is 24.0. The van der Waals surface area contributed by atoms with Crippen molar-refractivity contribution < 1.29 is 13.5 Å². The molecule has 4 heterocycles. The molecule has 3 N–H and O–H groups in total. The van der Waals surface area contributed by atoms with E-state index in [4.69, 9.17) is 4.98 Å². The molecule has 0 aliphatic rings. The fraction of sp³-hybridized carbons (Fsp3) is 0.167. The molecule has 0 bridgehead atoms.